The van der Waals surface area contributed by atoms with Crippen molar-refractivity contribution >= 4 is 17.0 Å². The number of anilines is 1. The molecular formula is C16H16F5N3O2S. The van der Waals surface area contributed by atoms with E-state index in [1.807, 2.05) is 0 Å². The molecule has 27 heavy (non-hydrogen) atoms. The van der Waals surface area contributed by atoms with Crippen LogP contribution in [0.4, 0.5) is 27.6 Å². The van der Waals surface area contributed by atoms with Crippen LogP contribution in [-0.4, -0.2) is 40.6 Å². The maximum Gasteiger partial charge on any atom is 0.445 e. The summed E-state index contributed by atoms with van der Waals surface area (Å²) in [6.45, 7) is 3.51. The zero-order valence-electron chi connectivity index (χ0n) is 14.3. The zero-order valence-corrected chi connectivity index (χ0v) is 15.2. The molecule has 2 aromatic rings. The van der Waals surface area contributed by atoms with Crippen LogP contribution in [0, 0.1) is 11.6 Å². The van der Waals surface area contributed by atoms with E-state index >= 15 is 0 Å². The van der Waals surface area contributed by atoms with E-state index in [1.54, 1.807) is 18.7 Å². The largest absolute Gasteiger partial charge is 0.445 e. The van der Waals surface area contributed by atoms with Gasteiger partial charge in [-0.1, -0.05) is 11.3 Å². The van der Waals surface area contributed by atoms with Crippen molar-refractivity contribution in [1.29, 1.82) is 0 Å². The number of alkyl halides is 3. The molecule has 2 heterocycles. The molecule has 0 saturated carbocycles. The van der Waals surface area contributed by atoms with E-state index < -0.39 is 40.0 Å². The Labute approximate surface area is 155 Å². The first kappa shape index (κ1) is 19.9. The van der Waals surface area contributed by atoms with E-state index in [-0.39, 0.29) is 47.9 Å². The Hall–Kier alpha value is -1.85. The molecule has 3 rings (SSSR count). The Morgan fingerprint density at radius 3 is 2.33 bits per heavy atom. The highest BCUT2D eigenvalue weighted by atomic mass is 32.1. The SMILES string of the molecule is CC1CN(c2c(CO)cc(-c3nnc(C(F)(F)F)s3)c(F)c2F)CC(C)O1. The van der Waals surface area contributed by atoms with Gasteiger partial charge < -0.3 is 14.7 Å². The summed E-state index contributed by atoms with van der Waals surface area (Å²) in [7, 11) is 0. The average molecular weight is 409 g/mol. The minimum absolute atomic E-state index is 0.0500. The summed E-state index contributed by atoms with van der Waals surface area (Å²) in [5.41, 5.74) is -0.544. The monoisotopic (exact) mass is 409 g/mol. The number of rotatable bonds is 3. The molecule has 5 nitrogen and oxygen atoms in total. The van der Waals surface area contributed by atoms with Crippen molar-refractivity contribution in [3.63, 3.8) is 0 Å². The number of hydrogen-bond donors (Lipinski definition) is 1. The van der Waals surface area contributed by atoms with Crippen LogP contribution < -0.4 is 4.90 Å². The van der Waals surface area contributed by atoms with Crippen LogP contribution >= 0.6 is 11.3 Å². The molecule has 0 bridgehead atoms. The predicted octanol–water partition coefficient (Wildman–Crippen LogP) is 3.61. The summed E-state index contributed by atoms with van der Waals surface area (Å²) >= 11 is 0.108. The molecule has 0 amide bonds. The molecular weight excluding hydrogens is 393 g/mol. The van der Waals surface area contributed by atoms with Crippen LogP contribution in [0.5, 0.6) is 0 Å². The topological polar surface area (TPSA) is 58.5 Å². The number of ether oxygens (including phenoxy) is 1. The van der Waals surface area contributed by atoms with Crippen LogP contribution in [-0.2, 0) is 17.5 Å². The van der Waals surface area contributed by atoms with E-state index in [9.17, 15) is 27.1 Å². The molecule has 0 spiro atoms. The highest BCUT2D eigenvalue weighted by Crippen LogP contribution is 2.39. The summed E-state index contributed by atoms with van der Waals surface area (Å²) in [6.07, 6.45) is -5.20. The molecule has 1 aromatic carbocycles. The number of nitrogens with zero attached hydrogens (tertiary/aromatic N) is 3. The first-order chi connectivity index (χ1) is 12.6. The standard InChI is InChI=1S/C16H16F5N3O2S/c1-7-4-24(5-8(2)26-7)13-9(6-25)3-10(11(17)12(13)18)14-22-23-15(27-14)16(19,20)21/h3,7-8,25H,4-6H2,1-2H3. The van der Waals surface area contributed by atoms with Gasteiger partial charge in [0.2, 0.25) is 5.01 Å². The van der Waals surface area contributed by atoms with Gasteiger partial charge in [-0.2, -0.15) is 13.2 Å². The van der Waals surface area contributed by atoms with Crippen LogP contribution in [0.25, 0.3) is 10.6 Å². The second kappa shape index (κ2) is 7.28. The van der Waals surface area contributed by atoms with Crippen molar-refractivity contribution in [1.82, 2.24) is 10.2 Å². The number of aliphatic hydroxyl groups is 1. The molecule has 1 N–H and O–H groups in total. The van der Waals surface area contributed by atoms with Crippen molar-refractivity contribution in [2.45, 2.75) is 38.8 Å². The van der Waals surface area contributed by atoms with Gasteiger partial charge >= 0.3 is 6.18 Å². The van der Waals surface area contributed by atoms with Gasteiger partial charge in [0.1, 0.15) is 0 Å². The maximum absolute atomic E-state index is 14.8. The summed E-state index contributed by atoms with van der Waals surface area (Å²) in [4.78, 5) is 1.56. The smallest absolute Gasteiger partial charge is 0.392 e. The van der Waals surface area contributed by atoms with E-state index in [1.165, 1.54) is 0 Å². The van der Waals surface area contributed by atoms with Crippen LogP contribution in [0.1, 0.15) is 24.4 Å². The van der Waals surface area contributed by atoms with Crippen molar-refractivity contribution < 1.29 is 31.8 Å². The fourth-order valence-electron chi connectivity index (χ4n) is 3.09. The normalized spacial score (nSPS) is 21.0. The molecule has 1 aromatic heterocycles. The number of halogens is 5. The second-order valence-electron chi connectivity index (χ2n) is 6.29. The van der Waals surface area contributed by atoms with Crippen molar-refractivity contribution in [3.05, 3.63) is 28.3 Å². The lowest BCUT2D eigenvalue weighted by Crippen LogP contribution is -2.46. The number of aromatic nitrogens is 2. The third kappa shape index (κ3) is 3.90. The molecule has 1 aliphatic rings. The van der Waals surface area contributed by atoms with Gasteiger partial charge in [-0.25, -0.2) is 8.78 Å². The Balaban J connectivity index is 2.07. The zero-order chi connectivity index (χ0) is 19.9. The minimum Gasteiger partial charge on any atom is -0.392 e. The van der Waals surface area contributed by atoms with Gasteiger partial charge in [0.15, 0.2) is 16.6 Å². The summed E-state index contributed by atoms with van der Waals surface area (Å²) < 4.78 is 73.2. The third-order valence-electron chi connectivity index (χ3n) is 4.06. The fourth-order valence-corrected chi connectivity index (χ4v) is 3.81. The lowest BCUT2D eigenvalue weighted by atomic mass is 10.0. The van der Waals surface area contributed by atoms with Crippen molar-refractivity contribution in [2.75, 3.05) is 18.0 Å². The lowest BCUT2D eigenvalue weighted by Gasteiger charge is -2.38. The number of hydrogen-bond acceptors (Lipinski definition) is 6. The predicted molar refractivity (Wildman–Crippen MR) is 88.4 cm³/mol. The Morgan fingerprint density at radius 2 is 1.81 bits per heavy atom. The fraction of sp³-hybridized carbons (Fsp3) is 0.500. The minimum atomic E-state index is -4.73. The van der Waals surface area contributed by atoms with E-state index in [2.05, 4.69) is 10.2 Å². The third-order valence-corrected chi connectivity index (χ3v) is 5.07. The highest BCUT2D eigenvalue weighted by Gasteiger charge is 2.36. The van der Waals surface area contributed by atoms with Crippen LogP contribution in [0.15, 0.2) is 6.07 Å². The first-order valence-corrected chi connectivity index (χ1v) is 8.86. The Morgan fingerprint density at radius 1 is 1.19 bits per heavy atom. The number of morpholine rings is 1. The average Bonchev–Trinajstić information content (AvgIpc) is 3.06. The molecule has 1 aliphatic heterocycles. The maximum atomic E-state index is 14.8. The van der Waals surface area contributed by atoms with Gasteiger partial charge in [0.05, 0.1) is 30.1 Å². The number of benzene rings is 1. The summed E-state index contributed by atoms with van der Waals surface area (Å²) in [5, 5.41) is 14.3. The molecule has 2 atom stereocenters. The van der Waals surface area contributed by atoms with E-state index in [4.69, 9.17) is 4.74 Å². The van der Waals surface area contributed by atoms with Crippen LogP contribution in [0.2, 0.25) is 0 Å². The van der Waals surface area contributed by atoms with Gasteiger partial charge in [-0.3, -0.25) is 0 Å². The van der Waals surface area contributed by atoms with Crippen molar-refractivity contribution in [3.8, 4) is 10.6 Å². The van der Waals surface area contributed by atoms with E-state index in [0.717, 1.165) is 6.07 Å². The second-order valence-corrected chi connectivity index (χ2v) is 7.27. The van der Waals surface area contributed by atoms with Gasteiger partial charge in [0.25, 0.3) is 0 Å². The summed E-state index contributed by atoms with van der Waals surface area (Å²) in [5.74, 6) is -2.58. The van der Waals surface area contributed by atoms with Crippen LogP contribution in [0.3, 0.4) is 0 Å². The van der Waals surface area contributed by atoms with Gasteiger partial charge in [0, 0.05) is 18.7 Å². The lowest BCUT2D eigenvalue weighted by molar-refractivity contribution is -0.138. The molecule has 0 radical (unpaired) electrons. The Bertz CT molecular complexity index is 832. The van der Waals surface area contributed by atoms with Gasteiger partial charge in [-0.15, -0.1) is 10.2 Å². The molecule has 1 fully saturated rings. The molecule has 0 aliphatic carbocycles. The number of aliphatic hydroxyl groups excluding tert-OH is 1. The van der Waals surface area contributed by atoms with Crippen molar-refractivity contribution in [2.24, 2.45) is 0 Å². The van der Waals surface area contributed by atoms with E-state index in [0.29, 0.717) is 0 Å². The molecule has 148 valence electrons. The van der Waals surface area contributed by atoms with Gasteiger partial charge in [-0.05, 0) is 19.9 Å². The molecule has 2 unspecified atom stereocenters. The summed E-state index contributed by atoms with van der Waals surface area (Å²) in [6, 6.07) is 1.11. The highest BCUT2D eigenvalue weighted by molar-refractivity contribution is 7.14. The first-order valence-electron chi connectivity index (χ1n) is 8.05. The molecule has 11 heteroatoms. The quantitative estimate of drug-likeness (QED) is 0.785. The Kier molecular flexibility index (Phi) is 5.37. The molecule has 1 saturated heterocycles.